The highest BCUT2D eigenvalue weighted by molar-refractivity contribution is 6.33. The number of nitrogens with zero attached hydrogens (tertiary/aromatic N) is 2. The van der Waals surface area contributed by atoms with Crippen LogP contribution in [-0.2, 0) is 4.79 Å². The Balaban J connectivity index is 2.18. The first-order valence-electron chi connectivity index (χ1n) is 6.55. The smallest absolute Gasteiger partial charge is 0.219 e. The van der Waals surface area contributed by atoms with Crippen LogP contribution in [0.2, 0.25) is 5.02 Å². The zero-order valence-electron chi connectivity index (χ0n) is 11.4. The van der Waals surface area contributed by atoms with E-state index in [1.807, 2.05) is 24.0 Å². The molecule has 1 fully saturated rings. The maximum Gasteiger partial charge on any atom is 0.219 e. The van der Waals surface area contributed by atoms with E-state index in [4.69, 9.17) is 17.3 Å². The van der Waals surface area contributed by atoms with Crippen molar-refractivity contribution < 1.29 is 4.79 Å². The fourth-order valence-corrected chi connectivity index (χ4v) is 2.67. The molecule has 0 aliphatic carbocycles. The van der Waals surface area contributed by atoms with Gasteiger partial charge in [0.2, 0.25) is 5.91 Å². The van der Waals surface area contributed by atoms with Crippen molar-refractivity contribution in [1.82, 2.24) is 4.90 Å². The molecule has 0 radical (unpaired) electrons. The molecule has 0 atom stereocenters. The Labute approximate surface area is 119 Å². The molecule has 4 nitrogen and oxygen atoms in total. The lowest BCUT2D eigenvalue weighted by Gasteiger charge is -2.25. The van der Waals surface area contributed by atoms with Crippen LogP contribution in [0.15, 0.2) is 12.1 Å². The van der Waals surface area contributed by atoms with E-state index in [0.29, 0.717) is 10.7 Å². The topological polar surface area (TPSA) is 49.6 Å². The number of nitrogens with two attached hydrogens (primary N) is 1. The van der Waals surface area contributed by atoms with Crippen LogP contribution in [0.4, 0.5) is 11.4 Å². The third-order valence-corrected chi connectivity index (χ3v) is 3.92. The van der Waals surface area contributed by atoms with Gasteiger partial charge in [-0.2, -0.15) is 0 Å². The van der Waals surface area contributed by atoms with E-state index in [2.05, 4.69) is 4.90 Å². The lowest BCUT2D eigenvalue weighted by Crippen LogP contribution is -2.33. The Morgan fingerprint density at radius 2 is 2.00 bits per heavy atom. The summed E-state index contributed by atoms with van der Waals surface area (Å²) in [7, 11) is 0. The molecular weight excluding hydrogens is 262 g/mol. The lowest BCUT2D eigenvalue weighted by molar-refractivity contribution is -0.128. The van der Waals surface area contributed by atoms with Crippen LogP contribution in [0.1, 0.15) is 18.9 Å². The summed E-state index contributed by atoms with van der Waals surface area (Å²) in [5, 5.41) is 0.591. The summed E-state index contributed by atoms with van der Waals surface area (Å²) in [6.07, 6.45) is 0.973. The number of amides is 1. The maximum atomic E-state index is 11.4. The molecule has 1 saturated heterocycles. The monoisotopic (exact) mass is 281 g/mol. The van der Waals surface area contributed by atoms with Gasteiger partial charge in [0.1, 0.15) is 0 Å². The van der Waals surface area contributed by atoms with Gasteiger partial charge in [0.05, 0.1) is 10.7 Å². The summed E-state index contributed by atoms with van der Waals surface area (Å²) < 4.78 is 0. The standard InChI is InChI=1S/C14H20ClN3O/c1-10-8-13(16)12(15)9-14(10)18-5-3-4-17(6-7-18)11(2)19/h8-9H,3-7,16H2,1-2H3. The second-order valence-electron chi connectivity index (χ2n) is 5.01. The summed E-state index contributed by atoms with van der Waals surface area (Å²) in [6, 6.07) is 3.83. The predicted octanol–water partition coefficient (Wildman–Crippen LogP) is 2.29. The van der Waals surface area contributed by atoms with Gasteiger partial charge in [-0.15, -0.1) is 0 Å². The number of benzene rings is 1. The Morgan fingerprint density at radius 1 is 1.26 bits per heavy atom. The molecule has 5 heteroatoms. The lowest BCUT2D eigenvalue weighted by atomic mass is 10.1. The summed E-state index contributed by atoms with van der Waals surface area (Å²) >= 11 is 6.11. The second-order valence-corrected chi connectivity index (χ2v) is 5.41. The number of hydrogen-bond acceptors (Lipinski definition) is 3. The third kappa shape index (κ3) is 3.13. The molecule has 1 aliphatic rings. The average molecular weight is 282 g/mol. The molecule has 0 unspecified atom stereocenters. The molecule has 1 aromatic rings. The van der Waals surface area contributed by atoms with E-state index < -0.39 is 0 Å². The fourth-order valence-electron chi connectivity index (χ4n) is 2.51. The molecule has 1 heterocycles. The first-order chi connectivity index (χ1) is 8.99. The minimum Gasteiger partial charge on any atom is -0.398 e. The molecule has 2 N–H and O–H groups in total. The van der Waals surface area contributed by atoms with E-state index in [1.165, 1.54) is 0 Å². The van der Waals surface area contributed by atoms with Gasteiger partial charge >= 0.3 is 0 Å². The van der Waals surface area contributed by atoms with Gasteiger partial charge in [-0.1, -0.05) is 11.6 Å². The van der Waals surface area contributed by atoms with Gasteiger partial charge in [0, 0.05) is 38.8 Å². The van der Waals surface area contributed by atoms with Crippen molar-refractivity contribution in [3.8, 4) is 0 Å². The summed E-state index contributed by atoms with van der Waals surface area (Å²) in [6.45, 7) is 7.02. The number of aryl methyl sites for hydroxylation is 1. The van der Waals surface area contributed by atoms with Crippen LogP contribution in [0, 0.1) is 6.92 Å². The van der Waals surface area contributed by atoms with Crippen molar-refractivity contribution in [2.45, 2.75) is 20.3 Å². The molecule has 1 aromatic carbocycles. The Kier molecular flexibility index (Phi) is 4.20. The van der Waals surface area contributed by atoms with Crippen molar-refractivity contribution in [2.24, 2.45) is 0 Å². The maximum absolute atomic E-state index is 11.4. The van der Waals surface area contributed by atoms with Crippen molar-refractivity contribution in [3.05, 3.63) is 22.7 Å². The van der Waals surface area contributed by atoms with Crippen molar-refractivity contribution in [3.63, 3.8) is 0 Å². The zero-order chi connectivity index (χ0) is 14.0. The van der Waals surface area contributed by atoms with Crippen LogP contribution in [0.25, 0.3) is 0 Å². The SMILES string of the molecule is CC(=O)N1CCCN(c2cc(Cl)c(N)cc2C)CC1. The summed E-state index contributed by atoms with van der Waals surface area (Å²) in [5.41, 5.74) is 8.66. The predicted molar refractivity (Wildman–Crippen MR) is 79.7 cm³/mol. The minimum atomic E-state index is 0.147. The molecule has 104 valence electrons. The summed E-state index contributed by atoms with van der Waals surface area (Å²) in [5.74, 6) is 0.147. The Bertz CT molecular complexity index is 490. The van der Waals surface area contributed by atoms with E-state index >= 15 is 0 Å². The van der Waals surface area contributed by atoms with Gasteiger partial charge in [0.15, 0.2) is 0 Å². The number of carbonyl (C=O) groups excluding carboxylic acids is 1. The van der Waals surface area contributed by atoms with Crippen LogP contribution >= 0.6 is 11.6 Å². The van der Waals surface area contributed by atoms with Gasteiger partial charge in [-0.3, -0.25) is 4.79 Å². The highest BCUT2D eigenvalue weighted by Gasteiger charge is 2.18. The highest BCUT2D eigenvalue weighted by Crippen LogP contribution is 2.30. The number of carbonyl (C=O) groups is 1. The fraction of sp³-hybridized carbons (Fsp3) is 0.500. The van der Waals surface area contributed by atoms with Gasteiger partial charge in [-0.05, 0) is 31.0 Å². The normalized spacial score (nSPS) is 16.4. The highest BCUT2D eigenvalue weighted by atomic mass is 35.5. The number of anilines is 2. The quantitative estimate of drug-likeness (QED) is 0.804. The first-order valence-corrected chi connectivity index (χ1v) is 6.93. The Morgan fingerprint density at radius 3 is 2.68 bits per heavy atom. The van der Waals surface area contributed by atoms with Crippen molar-refractivity contribution >= 4 is 28.9 Å². The zero-order valence-corrected chi connectivity index (χ0v) is 12.2. The Hall–Kier alpha value is -1.42. The molecule has 19 heavy (non-hydrogen) atoms. The molecule has 1 amide bonds. The van der Waals surface area contributed by atoms with E-state index in [0.717, 1.165) is 43.9 Å². The van der Waals surface area contributed by atoms with E-state index in [9.17, 15) is 4.79 Å². The van der Waals surface area contributed by atoms with Gasteiger partial charge in [-0.25, -0.2) is 0 Å². The van der Waals surface area contributed by atoms with Crippen LogP contribution in [0.3, 0.4) is 0 Å². The minimum absolute atomic E-state index is 0.147. The average Bonchev–Trinajstić information content (AvgIpc) is 2.59. The molecule has 0 bridgehead atoms. The molecular formula is C14H20ClN3O. The molecule has 0 aromatic heterocycles. The van der Waals surface area contributed by atoms with Crippen LogP contribution in [-0.4, -0.2) is 37.0 Å². The molecule has 0 saturated carbocycles. The molecule has 1 aliphatic heterocycles. The number of hydrogen-bond donors (Lipinski definition) is 1. The third-order valence-electron chi connectivity index (χ3n) is 3.60. The van der Waals surface area contributed by atoms with Crippen LogP contribution in [0.5, 0.6) is 0 Å². The molecule has 2 rings (SSSR count). The van der Waals surface area contributed by atoms with Gasteiger partial charge < -0.3 is 15.5 Å². The number of halogens is 1. The largest absolute Gasteiger partial charge is 0.398 e. The van der Waals surface area contributed by atoms with Crippen molar-refractivity contribution in [2.75, 3.05) is 36.8 Å². The van der Waals surface area contributed by atoms with Gasteiger partial charge in [0.25, 0.3) is 0 Å². The number of rotatable bonds is 1. The first kappa shape index (κ1) is 14.0. The van der Waals surface area contributed by atoms with E-state index in [-0.39, 0.29) is 5.91 Å². The van der Waals surface area contributed by atoms with Crippen LogP contribution < -0.4 is 10.6 Å². The van der Waals surface area contributed by atoms with E-state index in [1.54, 1.807) is 6.92 Å². The number of nitrogen functional groups attached to an aromatic ring is 1. The van der Waals surface area contributed by atoms with Crippen molar-refractivity contribution in [1.29, 1.82) is 0 Å². The molecule has 0 spiro atoms. The second kappa shape index (κ2) is 5.70. The summed E-state index contributed by atoms with van der Waals surface area (Å²) in [4.78, 5) is 15.6.